The van der Waals surface area contributed by atoms with Crippen molar-refractivity contribution in [3.63, 3.8) is 0 Å². The van der Waals surface area contributed by atoms with Gasteiger partial charge in [-0.15, -0.1) is 0 Å². The van der Waals surface area contributed by atoms with Crippen molar-refractivity contribution in [2.24, 2.45) is 0 Å². The molecule has 3 aromatic heterocycles. The average Bonchev–Trinajstić information content (AvgIpc) is 3.31. The number of fused-ring (bicyclic) bond motifs is 1. The maximum Gasteiger partial charge on any atom is 0.416 e. The number of carbonyl (C=O) groups is 1. The van der Waals surface area contributed by atoms with Gasteiger partial charge in [0.25, 0.3) is 11.6 Å². The third kappa shape index (κ3) is 3.22. The van der Waals surface area contributed by atoms with Crippen molar-refractivity contribution in [2.45, 2.75) is 13.1 Å². The van der Waals surface area contributed by atoms with Crippen LogP contribution in [-0.2, 0) is 6.18 Å². The summed E-state index contributed by atoms with van der Waals surface area (Å²) in [4.78, 5) is 17.1. The van der Waals surface area contributed by atoms with Gasteiger partial charge >= 0.3 is 6.18 Å². The van der Waals surface area contributed by atoms with E-state index in [0.717, 1.165) is 12.1 Å². The Morgan fingerprint density at radius 2 is 1.89 bits per heavy atom. The second-order valence-corrected chi connectivity index (χ2v) is 6.01. The van der Waals surface area contributed by atoms with Gasteiger partial charge in [0.05, 0.1) is 28.5 Å². The van der Waals surface area contributed by atoms with E-state index in [-0.39, 0.29) is 17.0 Å². The van der Waals surface area contributed by atoms with Gasteiger partial charge in [-0.05, 0) is 49.4 Å². The van der Waals surface area contributed by atoms with Crippen LogP contribution in [0.3, 0.4) is 0 Å². The number of hydrogen-bond acceptors (Lipinski definition) is 5. The monoisotopic (exact) mass is 387 g/mol. The van der Waals surface area contributed by atoms with E-state index in [1.54, 1.807) is 19.1 Å². The minimum absolute atomic E-state index is 0.156. The fourth-order valence-corrected chi connectivity index (χ4v) is 2.77. The molecule has 0 unspecified atom stereocenters. The number of halogens is 3. The number of aryl methyl sites for hydroxylation is 1. The van der Waals surface area contributed by atoms with E-state index in [1.165, 1.54) is 24.5 Å². The van der Waals surface area contributed by atoms with Crippen LogP contribution in [0.15, 0.2) is 57.7 Å². The Kier molecular flexibility index (Phi) is 4.14. The summed E-state index contributed by atoms with van der Waals surface area (Å²) in [5.74, 6) is -0.106. The number of benzene rings is 1. The van der Waals surface area contributed by atoms with Crippen molar-refractivity contribution in [2.75, 3.05) is 5.32 Å². The molecule has 0 aliphatic rings. The molecule has 0 fully saturated rings. The lowest BCUT2D eigenvalue weighted by atomic mass is 10.1. The Morgan fingerprint density at radius 1 is 1.14 bits per heavy atom. The molecule has 1 amide bonds. The van der Waals surface area contributed by atoms with Crippen LogP contribution in [0.5, 0.6) is 0 Å². The van der Waals surface area contributed by atoms with E-state index in [2.05, 4.69) is 15.5 Å². The summed E-state index contributed by atoms with van der Waals surface area (Å²) in [6.07, 6.45) is -2.98. The minimum Gasteiger partial charge on any atom is -0.463 e. The highest BCUT2D eigenvalue weighted by molar-refractivity contribution is 6.12. The number of hydrogen-bond donors (Lipinski definition) is 1. The molecule has 0 aliphatic heterocycles. The number of pyridine rings is 1. The number of alkyl halides is 3. The number of nitrogens with one attached hydrogen (secondary N) is 1. The van der Waals surface area contributed by atoms with Gasteiger partial charge in [0.15, 0.2) is 5.76 Å². The van der Waals surface area contributed by atoms with E-state index < -0.39 is 17.6 Å². The van der Waals surface area contributed by atoms with Gasteiger partial charge < -0.3 is 14.3 Å². The molecule has 142 valence electrons. The maximum atomic E-state index is 12.8. The molecule has 0 bridgehead atoms. The molecule has 0 saturated heterocycles. The fraction of sp³-hybridized carbons (Fsp3) is 0.105. The summed E-state index contributed by atoms with van der Waals surface area (Å²) in [7, 11) is 0. The van der Waals surface area contributed by atoms with Crippen LogP contribution in [0.1, 0.15) is 21.6 Å². The van der Waals surface area contributed by atoms with Crippen molar-refractivity contribution in [1.82, 2.24) is 10.1 Å². The maximum absolute atomic E-state index is 12.8. The van der Waals surface area contributed by atoms with Gasteiger partial charge in [0.1, 0.15) is 5.69 Å². The predicted molar refractivity (Wildman–Crippen MR) is 93.6 cm³/mol. The highest BCUT2D eigenvalue weighted by Crippen LogP contribution is 2.31. The van der Waals surface area contributed by atoms with Crippen LogP contribution in [-0.4, -0.2) is 16.0 Å². The molecule has 0 aliphatic carbocycles. The van der Waals surface area contributed by atoms with Gasteiger partial charge in [-0.25, -0.2) is 4.98 Å². The molecule has 0 spiro atoms. The molecule has 6 nitrogen and oxygen atoms in total. The fourth-order valence-electron chi connectivity index (χ4n) is 2.77. The second-order valence-electron chi connectivity index (χ2n) is 6.01. The second kappa shape index (κ2) is 6.52. The lowest BCUT2D eigenvalue weighted by molar-refractivity contribution is -0.137. The predicted octanol–water partition coefficient (Wildman–Crippen LogP) is 5.06. The zero-order chi connectivity index (χ0) is 19.9. The first-order valence-corrected chi connectivity index (χ1v) is 8.12. The summed E-state index contributed by atoms with van der Waals surface area (Å²) >= 11 is 0. The standard InChI is InChI=1S/C19H12F3N3O3/c1-10-16-13(9-14(15-3-2-8-27-15)24-18(16)28-25-10)17(26)23-12-6-4-11(5-7-12)19(20,21)22/h2-9H,1H3,(H,23,26). The average molecular weight is 387 g/mol. The van der Waals surface area contributed by atoms with Gasteiger partial charge in [0, 0.05) is 5.69 Å². The van der Waals surface area contributed by atoms with Crippen LogP contribution < -0.4 is 5.32 Å². The van der Waals surface area contributed by atoms with E-state index in [1.807, 2.05) is 0 Å². The summed E-state index contributed by atoms with van der Waals surface area (Å²) in [6.45, 7) is 1.66. The van der Waals surface area contributed by atoms with Crippen molar-refractivity contribution >= 4 is 22.7 Å². The van der Waals surface area contributed by atoms with Crippen LogP contribution in [0.25, 0.3) is 22.6 Å². The number of amides is 1. The Hall–Kier alpha value is -3.62. The molecular formula is C19H12F3N3O3. The molecular weight excluding hydrogens is 375 g/mol. The molecule has 4 aromatic rings. The Bertz CT molecular complexity index is 1150. The third-order valence-corrected chi connectivity index (χ3v) is 4.11. The van der Waals surface area contributed by atoms with Crippen molar-refractivity contribution in [3.05, 3.63) is 65.5 Å². The van der Waals surface area contributed by atoms with Gasteiger partial charge in [-0.3, -0.25) is 4.79 Å². The first-order valence-electron chi connectivity index (χ1n) is 8.12. The third-order valence-electron chi connectivity index (χ3n) is 4.11. The normalized spacial score (nSPS) is 11.7. The molecule has 0 atom stereocenters. The van der Waals surface area contributed by atoms with E-state index in [0.29, 0.717) is 22.5 Å². The highest BCUT2D eigenvalue weighted by atomic mass is 19.4. The molecule has 0 radical (unpaired) electrons. The molecule has 3 heterocycles. The van der Waals surface area contributed by atoms with E-state index in [9.17, 15) is 18.0 Å². The molecule has 0 saturated carbocycles. The zero-order valence-electron chi connectivity index (χ0n) is 14.4. The van der Waals surface area contributed by atoms with Gasteiger partial charge in [0.2, 0.25) is 0 Å². The first kappa shape index (κ1) is 17.8. The van der Waals surface area contributed by atoms with Crippen molar-refractivity contribution in [3.8, 4) is 11.5 Å². The zero-order valence-corrected chi connectivity index (χ0v) is 14.4. The minimum atomic E-state index is -4.45. The van der Waals surface area contributed by atoms with E-state index in [4.69, 9.17) is 8.94 Å². The summed E-state index contributed by atoms with van der Waals surface area (Å²) in [5.41, 5.74) is 0.625. The summed E-state index contributed by atoms with van der Waals surface area (Å²) in [6, 6.07) is 9.04. The van der Waals surface area contributed by atoms with Crippen LogP contribution >= 0.6 is 0 Å². The summed E-state index contributed by atoms with van der Waals surface area (Å²) < 4.78 is 48.6. The highest BCUT2D eigenvalue weighted by Gasteiger charge is 2.30. The molecule has 9 heteroatoms. The Labute approximate surface area is 156 Å². The van der Waals surface area contributed by atoms with Crippen molar-refractivity contribution in [1.29, 1.82) is 0 Å². The number of carbonyl (C=O) groups excluding carboxylic acids is 1. The number of anilines is 1. The van der Waals surface area contributed by atoms with E-state index >= 15 is 0 Å². The SMILES string of the molecule is Cc1noc2nc(-c3ccco3)cc(C(=O)Nc3ccc(C(F)(F)F)cc3)c12. The van der Waals surface area contributed by atoms with Crippen LogP contribution in [0.4, 0.5) is 18.9 Å². The van der Waals surface area contributed by atoms with Gasteiger partial charge in [-0.1, -0.05) is 5.16 Å². The van der Waals surface area contributed by atoms with Crippen molar-refractivity contribution < 1.29 is 26.9 Å². The smallest absolute Gasteiger partial charge is 0.416 e. The van der Waals surface area contributed by atoms with Gasteiger partial charge in [-0.2, -0.15) is 13.2 Å². The lowest BCUT2D eigenvalue weighted by Crippen LogP contribution is -2.13. The number of furan rings is 1. The Morgan fingerprint density at radius 3 is 2.54 bits per heavy atom. The molecule has 1 aromatic carbocycles. The number of nitrogens with zero attached hydrogens (tertiary/aromatic N) is 2. The quantitative estimate of drug-likeness (QED) is 0.531. The molecule has 28 heavy (non-hydrogen) atoms. The largest absolute Gasteiger partial charge is 0.463 e. The van der Waals surface area contributed by atoms with Crippen LogP contribution in [0, 0.1) is 6.92 Å². The van der Waals surface area contributed by atoms with Crippen LogP contribution in [0.2, 0.25) is 0 Å². The molecule has 4 rings (SSSR count). The number of aromatic nitrogens is 2. The summed E-state index contributed by atoms with van der Waals surface area (Å²) in [5, 5.41) is 6.83. The first-order chi connectivity index (χ1) is 13.3. The Balaban J connectivity index is 1.71. The number of rotatable bonds is 3. The lowest BCUT2D eigenvalue weighted by Gasteiger charge is -2.10. The topological polar surface area (TPSA) is 81.2 Å². The molecule has 1 N–H and O–H groups in total.